The fourth-order valence-electron chi connectivity index (χ4n) is 7.98. The van der Waals surface area contributed by atoms with Crippen LogP contribution in [0.5, 0.6) is 11.5 Å². The summed E-state index contributed by atoms with van der Waals surface area (Å²) < 4.78 is 18.6. The molecule has 5 aromatic rings. The molecule has 65 heavy (non-hydrogen) atoms. The van der Waals surface area contributed by atoms with Crippen molar-refractivity contribution in [2.45, 2.75) is 91.7 Å². The molecule has 12 heteroatoms. The lowest BCUT2D eigenvalue weighted by molar-refractivity contribution is -0.459. The first kappa shape index (κ1) is 49.7. The smallest absolute Gasteiger partial charge is 0.338 e. The lowest BCUT2D eigenvalue weighted by Crippen LogP contribution is -2.78. The molecule has 0 heterocycles. The molecule has 0 aliphatic heterocycles. The molecule has 0 radical (unpaired) electrons. The average molecular weight is 888 g/mol. The van der Waals surface area contributed by atoms with E-state index in [4.69, 9.17) is 25.7 Å². The van der Waals surface area contributed by atoms with Crippen LogP contribution in [-0.2, 0) is 30.5 Å². The first-order valence-electron chi connectivity index (χ1n) is 23.1. The summed E-state index contributed by atoms with van der Waals surface area (Å²) in [7, 11) is 0. The number of fused-ring (bicyclic) bond motifs is 2. The number of ketones is 2. The Hall–Kier alpha value is -6.27. The molecule has 5 rings (SSSR count). The van der Waals surface area contributed by atoms with Crippen molar-refractivity contribution < 1.29 is 44.1 Å². The summed E-state index contributed by atoms with van der Waals surface area (Å²) in [4.78, 5) is 58.6. The Morgan fingerprint density at radius 2 is 1.31 bits per heavy atom. The van der Waals surface area contributed by atoms with E-state index in [9.17, 15) is 19.2 Å². The number of unbranched alkanes of at least 4 members (excludes halogenated alkanes) is 1. The lowest BCUT2D eigenvalue weighted by Gasteiger charge is -2.25. The third-order valence-corrected chi connectivity index (χ3v) is 11.7. The summed E-state index contributed by atoms with van der Waals surface area (Å²) in [6.07, 6.45) is 3.25. The van der Waals surface area contributed by atoms with E-state index in [1.165, 1.54) is 0 Å². The molecule has 9 N–H and O–H groups in total. The third-order valence-electron chi connectivity index (χ3n) is 11.7. The summed E-state index contributed by atoms with van der Waals surface area (Å²) in [5.41, 5.74) is 17.8. The number of guanidine groups is 1. The van der Waals surface area contributed by atoms with Crippen LogP contribution in [0.25, 0.3) is 32.7 Å². The van der Waals surface area contributed by atoms with Crippen LogP contribution in [0, 0.1) is 23.7 Å². The number of nitrogens with two attached hydrogens (primary N) is 2. The van der Waals surface area contributed by atoms with Crippen molar-refractivity contribution in [1.29, 1.82) is 0 Å². The zero-order chi connectivity index (χ0) is 46.7. The van der Waals surface area contributed by atoms with E-state index in [-0.39, 0.29) is 55.9 Å². The molecule has 0 unspecified atom stereocenters. The second-order valence-corrected chi connectivity index (χ2v) is 17.6. The number of amides is 1. The summed E-state index contributed by atoms with van der Waals surface area (Å²) in [5, 5.41) is 7.00. The maximum Gasteiger partial charge on any atom is 0.338 e. The van der Waals surface area contributed by atoms with E-state index in [1.54, 1.807) is 0 Å². The number of Topliss-reactive ketones (excluding diaryl/α,β-unsaturated/α-hetero) is 2. The Morgan fingerprint density at radius 1 is 0.692 bits per heavy atom. The molecule has 0 aliphatic carbocycles. The van der Waals surface area contributed by atoms with Crippen LogP contribution in [0.15, 0.2) is 103 Å². The highest BCUT2D eigenvalue weighted by atomic mass is 16.5. The van der Waals surface area contributed by atoms with E-state index in [2.05, 4.69) is 60.2 Å². The van der Waals surface area contributed by atoms with Gasteiger partial charge in [0.05, 0.1) is 31.7 Å². The molecule has 5 aromatic carbocycles. The van der Waals surface area contributed by atoms with Gasteiger partial charge in [-0.05, 0) is 89.6 Å². The lowest BCUT2D eigenvalue weighted by atomic mass is 9.87. The minimum Gasteiger partial charge on any atom is -0.493 e. The number of ether oxygens (including phenoxy) is 3. The summed E-state index contributed by atoms with van der Waals surface area (Å²) in [6, 6.07) is 32.6. The number of carbonyl (C=O) groups is 4. The van der Waals surface area contributed by atoms with Gasteiger partial charge >= 0.3 is 11.9 Å². The Kier molecular flexibility index (Phi) is 19.3. The predicted molar refractivity (Wildman–Crippen MR) is 257 cm³/mol. The van der Waals surface area contributed by atoms with Gasteiger partial charge in [0.2, 0.25) is 5.91 Å². The largest absolute Gasteiger partial charge is 0.493 e. The number of hydrogen-bond acceptors (Lipinski definition) is 7. The SMILES string of the molecule is CC(C)CCOc1ccc2ccccc2c1-c1c(OCC(=O)C[C@H](CCCC[NH3+])C(=O)N[C@H](CCC[NH+]=C(N)N)C(=O)C[C@H](C(=O)OCc2ccccc2)C(C)C)ccc2ccccc12. The number of nitrogens with one attached hydrogen (secondary N) is 2. The van der Waals surface area contributed by atoms with Crippen LogP contribution in [0.1, 0.15) is 84.6 Å². The van der Waals surface area contributed by atoms with Gasteiger partial charge in [0.25, 0.3) is 0 Å². The van der Waals surface area contributed by atoms with Gasteiger partial charge in [-0.15, -0.1) is 0 Å². The Morgan fingerprint density at radius 3 is 1.91 bits per heavy atom. The van der Waals surface area contributed by atoms with Crippen LogP contribution in [0.4, 0.5) is 0 Å². The monoisotopic (exact) mass is 888 g/mol. The van der Waals surface area contributed by atoms with Crippen LogP contribution in [0.3, 0.4) is 0 Å². The Labute approximate surface area is 383 Å². The number of rotatable bonds is 27. The third kappa shape index (κ3) is 14.9. The minimum absolute atomic E-state index is 0.0486. The van der Waals surface area contributed by atoms with Gasteiger partial charge in [0.1, 0.15) is 24.7 Å². The topological polar surface area (TPSA) is 202 Å². The highest BCUT2D eigenvalue weighted by Gasteiger charge is 2.32. The molecule has 1 amide bonds. The average Bonchev–Trinajstić information content (AvgIpc) is 3.29. The van der Waals surface area contributed by atoms with Gasteiger partial charge in [-0.1, -0.05) is 119 Å². The molecule has 3 atom stereocenters. The van der Waals surface area contributed by atoms with Gasteiger partial charge < -0.3 is 25.3 Å². The summed E-state index contributed by atoms with van der Waals surface area (Å²) in [6.45, 7) is 9.49. The van der Waals surface area contributed by atoms with Crippen molar-refractivity contribution in [2.75, 3.05) is 26.3 Å². The summed E-state index contributed by atoms with van der Waals surface area (Å²) >= 11 is 0. The highest BCUT2D eigenvalue weighted by Crippen LogP contribution is 2.45. The van der Waals surface area contributed by atoms with Crippen LogP contribution in [0.2, 0.25) is 0 Å². The molecule has 0 saturated heterocycles. The van der Waals surface area contributed by atoms with Crippen molar-refractivity contribution in [3.8, 4) is 22.6 Å². The van der Waals surface area contributed by atoms with Crippen molar-refractivity contribution in [3.63, 3.8) is 0 Å². The first-order valence-corrected chi connectivity index (χ1v) is 23.1. The van der Waals surface area contributed by atoms with Crippen molar-refractivity contribution in [1.82, 2.24) is 5.32 Å². The Bertz CT molecular complexity index is 2380. The number of carbonyl (C=O) groups excluding carboxylic acids is 4. The zero-order valence-corrected chi connectivity index (χ0v) is 38.6. The number of benzene rings is 5. The standard InChI is InChI=1S/C53H67N5O7/c1-35(2)27-30-63-47-25-23-38-17-8-10-20-42(38)49(47)50-43-21-11-9-18-39(43)24-26-48(50)64-34-41(59)31-40(19-12-13-28-54)51(61)58-45(22-14-29-57-53(55)56)46(60)32-44(36(3)4)52(62)65-33-37-15-6-5-7-16-37/h5-11,15-18,20-21,23-26,35-36,40,44-45H,12-14,19,22,27-34,54H2,1-4H3,(H,58,61)(H4,55,56,57)/p+2/t40-,44-,45+/m0/s1. The van der Waals surface area contributed by atoms with Gasteiger partial charge in [-0.3, -0.25) is 35.6 Å². The van der Waals surface area contributed by atoms with Crippen LogP contribution >= 0.6 is 0 Å². The molecule has 0 bridgehead atoms. The molecular weight excluding hydrogens is 819 g/mol. The number of esters is 1. The zero-order valence-electron chi connectivity index (χ0n) is 38.6. The molecule has 346 valence electrons. The molecule has 12 nitrogen and oxygen atoms in total. The molecule has 0 spiro atoms. The van der Waals surface area contributed by atoms with Crippen LogP contribution < -0.4 is 37.0 Å². The van der Waals surface area contributed by atoms with E-state index in [0.29, 0.717) is 50.6 Å². The molecule has 0 aromatic heterocycles. The van der Waals surface area contributed by atoms with E-state index < -0.39 is 29.8 Å². The molecular formula is C53H69N5O7+2. The quantitative estimate of drug-likeness (QED) is 0.0180. The fourth-order valence-corrected chi connectivity index (χ4v) is 7.98. The maximum absolute atomic E-state index is 14.3. The first-order chi connectivity index (χ1) is 31.4. The van der Waals surface area contributed by atoms with E-state index in [1.807, 2.05) is 86.6 Å². The minimum atomic E-state index is -0.925. The highest BCUT2D eigenvalue weighted by molar-refractivity contribution is 6.10. The summed E-state index contributed by atoms with van der Waals surface area (Å²) in [5.74, 6) is -1.32. The fraction of sp³-hybridized carbons (Fsp3) is 0.415. The van der Waals surface area contributed by atoms with Crippen molar-refractivity contribution in [3.05, 3.63) is 109 Å². The normalized spacial score (nSPS) is 12.7. The van der Waals surface area contributed by atoms with Gasteiger partial charge in [0, 0.05) is 29.9 Å². The van der Waals surface area contributed by atoms with Gasteiger partial charge in [-0.25, -0.2) is 0 Å². The van der Waals surface area contributed by atoms with E-state index in [0.717, 1.165) is 56.8 Å². The van der Waals surface area contributed by atoms with Crippen LogP contribution in [-0.4, -0.2) is 61.7 Å². The second-order valence-electron chi connectivity index (χ2n) is 17.6. The Balaban J connectivity index is 1.37. The van der Waals surface area contributed by atoms with Crippen molar-refractivity contribution in [2.24, 2.45) is 35.1 Å². The molecule has 0 fully saturated rings. The van der Waals surface area contributed by atoms with Gasteiger partial charge in [-0.2, -0.15) is 0 Å². The van der Waals surface area contributed by atoms with E-state index >= 15 is 0 Å². The maximum atomic E-state index is 14.3. The van der Waals surface area contributed by atoms with Crippen molar-refractivity contribution >= 4 is 50.9 Å². The second kappa shape index (κ2) is 25.3. The number of hydrogen-bond donors (Lipinski definition) is 5. The predicted octanol–water partition coefficient (Wildman–Crippen LogP) is 6.05. The number of quaternary nitrogens is 1. The molecule has 0 aliphatic rings. The van der Waals surface area contributed by atoms with Gasteiger partial charge in [0.15, 0.2) is 11.6 Å². The molecule has 0 saturated carbocycles.